The van der Waals surface area contributed by atoms with Crippen molar-refractivity contribution in [1.82, 2.24) is 19.8 Å². The fourth-order valence-electron chi connectivity index (χ4n) is 2.76. The molecule has 21 heavy (non-hydrogen) atoms. The van der Waals surface area contributed by atoms with Crippen molar-refractivity contribution < 1.29 is 9.32 Å². The van der Waals surface area contributed by atoms with E-state index in [9.17, 15) is 4.79 Å². The number of amides is 1. The normalized spacial score (nSPS) is 18.7. The lowest BCUT2D eigenvalue weighted by Gasteiger charge is -2.22. The van der Waals surface area contributed by atoms with Gasteiger partial charge in [-0.25, -0.2) is 0 Å². The Morgan fingerprint density at radius 1 is 1.48 bits per heavy atom. The maximum atomic E-state index is 12.7. The summed E-state index contributed by atoms with van der Waals surface area (Å²) in [5, 5.41) is 8.31. The van der Waals surface area contributed by atoms with E-state index in [0.29, 0.717) is 5.56 Å². The van der Waals surface area contributed by atoms with Crippen LogP contribution in [0.25, 0.3) is 0 Å². The zero-order valence-corrected chi connectivity index (χ0v) is 12.6. The lowest BCUT2D eigenvalue weighted by molar-refractivity contribution is 0.0730. The first-order valence-corrected chi connectivity index (χ1v) is 7.34. The molecule has 112 valence electrons. The van der Waals surface area contributed by atoms with Crippen LogP contribution in [0.1, 0.15) is 60.6 Å². The molecule has 2 aromatic heterocycles. The zero-order valence-electron chi connectivity index (χ0n) is 12.6. The van der Waals surface area contributed by atoms with Crippen LogP contribution in [0.2, 0.25) is 0 Å². The van der Waals surface area contributed by atoms with Crippen molar-refractivity contribution >= 4 is 5.91 Å². The first kappa shape index (κ1) is 13.9. The summed E-state index contributed by atoms with van der Waals surface area (Å²) in [6, 6.07) is 2.17. The number of hydrogen-bond acceptors (Lipinski definition) is 4. The quantitative estimate of drug-likeness (QED) is 0.871. The second-order valence-electron chi connectivity index (χ2n) is 5.82. The minimum Gasteiger partial charge on any atom is -0.361 e. The van der Waals surface area contributed by atoms with Gasteiger partial charge in [0, 0.05) is 24.8 Å². The van der Waals surface area contributed by atoms with Crippen LogP contribution >= 0.6 is 0 Å². The Kier molecular flexibility index (Phi) is 3.53. The second-order valence-corrected chi connectivity index (χ2v) is 5.82. The Balaban J connectivity index is 1.82. The molecule has 0 aromatic carbocycles. The van der Waals surface area contributed by atoms with E-state index >= 15 is 0 Å². The van der Waals surface area contributed by atoms with Crippen LogP contribution in [-0.4, -0.2) is 32.3 Å². The summed E-state index contributed by atoms with van der Waals surface area (Å²) in [5.74, 6) is 0.793. The molecule has 0 N–H and O–H groups in total. The molecule has 1 saturated heterocycles. The number of aromatic nitrogens is 3. The lowest BCUT2D eigenvalue weighted by Crippen LogP contribution is -2.30. The number of rotatable bonds is 3. The van der Waals surface area contributed by atoms with E-state index in [4.69, 9.17) is 4.52 Å². The first-order valence-electron chi connectivity index (χ1n) is 7.34. The highest BCUT2D eigenvalue weighted by molar-refractivity contribution is 5.94. The second kappa shape index (κ2) is 5.35. The Morgan fingerprint density at radius 2 is 2.29 bits per heavy atom. The number of carbonyl (C=O) groups excluding carboxylic acids is 1. The third-order valence-corrected chi connectivity index (χ3v) is 3.88. The molecule has 1 unspecified atom stereocenters. The Bertz CT molecular complexity index is 644. The summed E-state index contributed by atoms with van der Waals surface area (Å²) in [7, 11) is 0. The van der Waals surface area contributed by atoms with E-state index in [2.05, 4.69) is 10.3 Å². The Morgan fingerprint density at radius 3 is 2.90 bits per heavy atom. The zero-order chi connectivity index (χ0) is 15.0. The number of nitrogens with zero attached hydrogens (tertiary/aromatic N) is 4. The number of carbonyl (C=O) groups is 1. The molecule has 1 fully saturated rings. The summed E-state index contributed by atoms with van der Waals surface area (Å²) >= 11 is 0. The van der Waals surface area contributed by atoms with Gasteiger partial charge in [0.05, 0.1) is 17.8 Å². The van der Waals surface area contributed by atoms with Crippen LogP contribution < -0.4 is 0 Å². The van der Waals surface area contributed by atoms with Gasteiger partial charge in [-0.1, -0.05) is 5.16 Å². The molecule has 6 nitrogen and oxygen atoms in total. The SMILES string of the molecule is Cc1cc(C2CCCN2C(=O)c2cnn(C(C)C)c2)no1. The maximum absolute atomic E-state index is 12.7. The fraction of sp³-hybridized carbons (Fsp3) is 0.533. The molecule has 0 spiro atoms. The number of aryl methyl sites for hydroxylation is 1. The van der Waals surface area contributed by atoms with Crippen molar-refractivity contribution in [2.45, 2.75) is 45.7 Å². The van der Waals surface area contributed by atoms with Crippen molar-refractivity contribution in [2.75, 3.05) is 6.54 Å². The van der Waals surface area contributed by atoms with E-state index in [1.54, 1.807) is 10.9 Å². The van der Waals surface area contributed by atoms with Crippen molar-refractivity contribution in [3.05, 3.63) is 35.5 Å². The molecular weight excluding hydrogens is 268 g/mol. The molecule has 1 aliphatic rings. The van der Waals surface area contributed by atoms with Gasteiger partial charge in [-0.3, -0.25) is 9.48 Å². The topological polar surface area (TPSA) is 64.2 Å². The molecule has 0 saturated carbocycles. The average Bonchev–Trinajstić information content (AvgIpc) is 3.17. The summed E-state index contributed by atoms with van der Waals surface area (Å²) in [6.07, 6.45) is 5.37. The molecule has 2 aromatic rings. The van der Waals surface area contributed by atoms with Gasteiger partial charge in [0.2, 0.25) is 0 Å². The molecule has 3 heterocycles. The van der Waals surface area contributed by atoms with Crippen LogP contribution in [0.4, 0.5) is 0 Å². The Labute approximate surface area is 123 Å². The molecule has 3 rings (SSSR count). The van der Waals surface area contributed by atoms with Crippen molar-refractivity contribution in [2.24, 2.45) is 0 Å². The van der Waals surface area contributed by atoms with Gasteiger partial charge < -0.3 is 9.42 Å². The summed E-state index contributed by atoms with van der Waals surface area (Å²) < 4.78 is 6.95. The van der Waals surface area contributed by atoms with Gasteiger partial charge in [-0.15, -0.1) is 0 Å². The average molecular weight is 288 g/mol. The van der Waals surface area contributed by atoms with Crippen LogP contribution in [0.15, 0.2) is 23.0 Å². The minimum absolute atomic E-state index is 0.0114. The monoisotopic (exact) mass is 288 g/mol. The molecular formula is C15H20N4O2. The third kappa shape index (κ3) is 2.57. The largest absolute Gasteiger partial charge is 0.361 e. The van der Waals surface area contributed by atoms with Gasteiger partial charge in [-0.2, -0.15) is 5.10 Å². The lowest BCUT2D eigenvalue weighted by atomic mass is 10.1. The highest BCUT2D eigenvalue weighted by atomic mass is 16.5. The van der Waals surface area contributed by atoms with E-state index in [-0.39, 0.29) is 18.0 Å². The van der Waals surface area contributed by atoms with Gasteiger partial charge >= 0.3 is 0 Å². The van der Waals surface area contributed by atoms with E-state index < -0.39 is 0 Å². The first-order chi connectivity index (χ1) is 10.1. The standard InChI is InChI=1S/C15H20N4O2/c1-10(2)19-9-12(8-16-19)15(20)18-6-4-5-14(18)13-7-11(3)21-17-13/h7-10,14H,4-6H2,1-3H3. The van der Waals surface area contributed by atoms with Crippen molar-refractivity contribution in [3.8, 4) is 0 Å². The Hall–Kier alpha value is -2.11. The van der Waals surface area contributed by atoms with Gasteiger partial charge in [-0.05, 0) is 33.6 Å². The van der Waals surface area contributed by atoms with Gasteiger partial charge in [0.1, 0.15) is 11.5 Å². The summed E-state index contributed by atoms with van der Waals surface area (Å²) in [6.45, 7) is 6.70. The van der Waals surface area contributed by atoms with Crippen LogP contribution in [0, 0.1) is 6.92 Å². The van der Waals surface area contributed by atoms with Crippen molar-refractivity contribution in [1.29, 1.82) is 0 Å². The molecule has 1 aliphatic heterocycles. The predicted molar refractivity (Wildman–Crippen MR) is 76.9 cm³/mol. The van der Waals surface area contributed by atoms with E-state index in [0.717, 1.165) is 30.8 Å². The molecule has 1 atom stereocenters. The minimum atomic E-state index is 0.0114. The molecule has 0 aliphatic carbocycles. The van der Waals surface area contributed by atoms with Crippen LogP contribution in [0.3, 0.4) is 0 Å². The van der Waals surface area contributed by atoms with Crippen LogP contribution in [0.5, 0.6) is 0 Å². The number of hydrogen-bond donors (Lipinski definition) is 0. The number of likely N-dealkylation sites (tertiary alicyclic amines) is 1. The highest BCUT2D eigenvalue weighted by Crippen LogP contribution is 2.32. The molecule has 0 radical (unpaired) electrons. The molecule has 6 heteroatoms. The van der Waals surface area contributed by atoms with E-state index in [1.165, 1.54) is 0 Å². The predicted octanol–water partition coefficient (Wildman–Crippen LogP) is 2.74. The molecule has 0 bridgehead atoms. The fourth-order valence-corrected chi connectivity index (χ4v) is 2.76. The smallest absolute Gasteiger partial charge is 0.257 e. The van der Waals surface area contributed by atoms with Crippen molar-refractivity contribution in [3.63, 3.8) is 0 Å². The summed E-state index contributed by atoms with van der Waals surface area (Å²) in [4.78, 5) is 14.6. The van der Waals surface area contributed by atoms with E-state index in [1.807, 2.05) is 37.9 Å². The van der Waals surface area contributed by atoms with Gasteiger partial charge in [0.15, 0.2) is 0 Å². The highest BCUT2D eigenvalue weighted by Gasteiger charge is 2.33. The third-order valence-electron chi connectivity index (χ3n) is 3.88. The summed E-state index contributed by atoms with van der Waals surface area (Å²) in [5.41, 5.74) is 1.48. The maximum Gasteiger partial charge on any atom is 0.257 e. The van der Waals surface area contributed by atoms with Gasteiger partial charge in [0.25, 0.3) is 5.91 Å². The van der Waals surface area contributed by atoms with Crippen LogP contribution in [-0.2, 0) is 0 Å². The molecule has 1 amide bonds.